The van der Waals surface area contributed by atoms with Gasteiger partial charge in [-0.1, -0.05) is 19.8 Å². The average molecular weight is 223 g/mol. The predicted octanol–water partition coefficient (Wildman–Crippen LogP) is 2.27. The standard InChI is InChI=1S/C13H25N3/c1-3-16(12-7-4-5-8-12)10-6-9-13(2,15)11-14/h12H,3-10,15H2,1-2H3. The third-order valence-corrected chi connectivity index (χ3v) is 3.64. The number of nitrogens with zero attached hydrogens (tertiary/aromatic N) is 2. The number of rotatable bonds is 6. The van der Waals surface area contributed by atoms with Crippen molar-refractivity contribution in [1.29, 1.82) is 5.26 Å². The Kier molecular flexibility index (Phi) is 5.24. The summed E-state index contributed by atoms with van der Waals surface area (Å²) in [4.78, 5) is 2.56. The first-order valence-corrected chi connectivity index (χ1v) is 6.53. The molecule has 3 heteroatoms. The van der Waals surface area contributed by atoms with Crippen molar-refractivity contribution in [2.45, 2.75) is 64.0 Å². The molecule has 1 unspecified atom stereocenters. The molecule has 0 amide bonds. The van der Waals surface area contributed by atoms with E-state index in [9.17, 15) is 0 Å². The Balaban J connectivity index is 2.26. The van der Waals surface area contributed by atoms with Gasteiger partial charge in [-0.25, -0.2) is 0 Å². The van der Waals surface area contributed by atoms with Gasteiger partial charge in [0, 0.05) is 6.04 Å². The molecular formula is C13H25N3. The molecule has 0 bridgehead atoms. The molecule has 1 atom stereocenters. The fourth-order valence-electron chi connectivity index (χ4n) is 2.57. The number of nitrogens with two attached hydrogens (primary N) is 1. The normalized spacial score (nSPS) is 20.9. The zero-order chi connectivity index (χ0) is 12.0. The second-order valence-corrected chi connectivity index (χ2v) is 5.20. The molecule has 1 aliphatic rings. The van der Waals surface area contributed by atoms with Crippen LogP contribution in [0.2, 0.25) is 0 Å². The van der Waals surface area contributed by atoms with E-state index in [1.807, 2.05) is 6.92 Å². The highest BCUT2D eigenvalue weighted by atomic mass is 15.1. The lowest BCUT2D eigenvalue weighted by Gasteiger charge is -2.28. The van der Waals surface area contributed by atoms with Crippen molar-refractivity contribution in [2.75, 3.05) is 13.1 Å². The third kappa shape index (κ3) is 4.11. The maximum atomic E-state index is 8.84. The van der Waals surface area contributed by atoms with E-state index in [-0.39, 0.29) is 0 Å². The van der Waals surface area contributed by atoms with Crippen LogP contribution < -0.4 is 5.73 Å². The Morgan fingerprint density at radius 3 is 2.56 bits per heavy atom. The molecule has 16 heavy (non-hydrogen) atoms. The molecule has 0 saturated heterocycles. The van der Waals surface area contributed by atoms with Gasteiger partial charge in [0.15, 0.2) is 0 Å². The Labute approximate surface area is 99.6 Å². The summed E-state index contributed by atoms with van der Waals surface area (Å²) in [6.45, 7) is 6.26. The summed E-state index contributed by atoms with van der Waals surface area (Å²) in [6.07, 6.45) is 7.30. The van der Waals surface area contributed by atoms with Crippen LogP contribution in [0.4, 0.5) is 0 Å². The van der Waals surface area contributed by atoms with Crippen molar-refractivity contribution < 1.29 is 0 Å². The Morgan fingerprint density at radius 1 is 1.44 bits per heavy atom. The summed E-state index contributed by atoms with van der Waals surface area (Å²) in [5.74, 6) is 0. The van der Waals surface area contributed by atoms with Gasteiger partial charge in [-0.05, 0) is 45.7 Å². The summed E-state index contributed by atoms with van der Waals surface area (Å²) >= 11 is 0. The molecule has 3 nitrogen and oxygen atoms in total. The first-order chi connectivity index (χ1) is 7.59. The lowest BCUT2D eigenvalue weighted by atomic mass is 9.99. The zero-order valence-electron chi connectivity index (χ0n) is 10.7. The van der Waals surface area contributed by atoms with Crippen LogP contribution in [0.15, 0.2) is 0 Å². The van der Waals surface area contributed by atoms with Crippen molar-refractivity contribution >= 4 is 0 Å². The predicted molar refractivity (Wildman–Crippen MR) is 66.9 cm³/mol. The van der Waals surface area contributed by atoms with E-state index in [4.69, 9.17) is 11.0 Å². The highest BCUT2D eigenvalue weighted by Crippen LogP contribution is 2.23. The van der Waals surface area contributed by atoms with Crippen LogP contribution in [0.3, 0.4) is 0 Å². The molecule has 0 aromatic rings. The van der Waals surface area contributed by atoms with Crippen LogP contribution in [0.1, 0.15) is 52.4 Å². The SMILES string of the molecule is CCN(CCCC(C)(N)C#N)C1CCCC1. The van der Waals surface area contributed by atoms with E-state index in [1.54, 1.807) is 0 Å². The summed E-state index contributed by atoms with van der Waals surface area (Å²) in [7, 11) is 0. The van der Waals surface area contributed by atoms with Gasteiger partial charge in [0.05, 0.1) is 6.07 Å². The minimum absolute atomic E-state index is 0.644. The molecule has 0 aliphatic heterocycles. The van der Waals surface area contributed by atoms with Crippen LogP contribution in [0.25, 0.3) is 0 Å². The van der Waals surface area contributed by atoms with Crippen molar-refractivity contribution in [3.05, 3.63) is 0 Å². The quantitative estimate of drug-likeness (QED) is 0.751. The minimum atomic E-state index is -0.644. The number of hydrogen-bond donors (Lipinski definition) is 1. The molecule has 1 rings (SSSR count). The van der Waals surface area contributed by atoms with Crippen LogP contribution in [-0.4, -0.2) is 29.6 Å². The second kappa shape index (κ2) is 6.22. The topological polar surface area (TPSA) is 53.0 Å². The lowest BCUT2D eigenvalue weighted by molar-refractivity contribution is 0.202. The Hall–Kier alpha value is -0.590. The van der Waals surface area contributed by atoms with E-state index in [2.05, 4.69) is 17.9 Å². The molecule has 92 valence electrons. The van der Waals surface area contributed by atoms with Crippen LogP contribution in [0, 0.1) is 11.3 Å². The highest BCUT2D eigenvalue weighted by Gasteiger charge is 2.22. The van der Waals surface area contributed by atoms with E-state index < -0.39 is 5.54 Å². The zero-order valence-corrected chi connectivity index (χ0v) is 10.7. The molecule has 0 aromatic heterocycles. The van der Waals surface area contributed by atoms with Gasteiger partial charge in [-0.2, -0.15) is 5.26 Å². The van der Waals surface area contributed by atoms with Crippen LogP contribution >= 0.6 is 0 Å². The van der Waals surface area contributed by atoms with Crippen LogP contribution in [-0.2, 0) is 0 Å². The van der Waals surface area contributed by atoms with Crippen molar-refractivity contribution in [3.8, 4) is 6.07 Å². The average Bonchev–Trinajstić information content (AvgIpc) is 2.78. The molecule has 2 N–H and O–H groups in total. The van der Waals surface area contributed by atoms with E-state index in [0.29, 0.717) is 0 Å². The monoisotopic (exact) mass is 223 g/mol. The fourth-order valence-corrected chi connectivity index (χ4v) is 2.57. The van der Waals surface area contributed by atoms with E-state index >= 15 is 0 Å². The first-order valence-electron chi connectivity index (χ1n) is 6.53. The number of hydrogen-bond acceptors (Lipinski definition) is 3. The minimum Gasteiger partial charge on any atom is -0.314 e. The molecule has 0 radical (unpaired) electrons. The first kappa shape index (κ1) is 13.5. The van der Waals surface area contributed by atoms with Crippen molar-refractivity contribution in [2.24, 2.45) is 5.73 Å². The Morgan fingerprint density at radius 2 is 2.06 bits per heavy atom. The van der Waals surface area contributed by atoms with E-state index in [1.165, 1.54) is 25.7 Å². The lowest BCUT2D eigenvalue weighted by Crippen LogP contribution is -2.37. The Bertz CT molecular complexity index is 236. The molecule has 0 spiro atoms. The van der Waals surface area contributed by atoms with Gasteiger partial charge >= 0.3 is 0 Å². The number of nitriles is 1. The van der Waals surface area contributed by atoms with Crippen molar-refractivity contribution in [3.63, 3.8) is 0 Å². The molecule has 1 aliphatic carbocycles. The maximum Gasteiger partial charge on any atom is 0.101 e. The van der Waals surface area contributed by atoms with Gasteiger partial charge in [0.2, 0.25) is 0 Å². The van der Waals surface area contributed by atoms with Gasteiger partial charge in [0.1, 0.15) is 5.54 Å². The molecular weight excluding hydrogens is 198 g/mol. The van der Waals surface area contributed by atoms with Gasteiger partial charge in [-0.3, -0.25) is 0 Å². The molecule has 1 saturated carbocycles. The summed E-state index contributed by atoms with van der Waals surface area (Å²) in [5.41, 5.74) is 5.17. The summed E-state index contributed by atoms with van der Waals surface area (Å²) in [5, 5.41) is 8.84. The summed E-state index contributed by atoms with van der Waals surface area (Å²) < 4.78 is 0. The highest BCUT2D eigenvalue weighted by molar-refractivity contribution is 5.00. The smallest absolute Gasteiger partial charge is 0.101 e. The second-order valence-electron chi connectivity index (χ2n) is 5.20. The molecule has 0 heterocycles. The molecule has 1 fully saturated rings. The maximum absolute atomic E-state index is 8.84. The fraction of sp³-hybridized carbons (Fsp3) is 0.923. The van der Waals surface area contributed by atoms with Crippen molar-refractivity contribution in [1.82, 2.24) is 4.90 Å². The third-order valence-electron chi connectivity index (χ3n) is 3.64. The largest absolute Gasteiger partial charge is 0.314 e. The molecule has 0 aromatic carbocycles. The summed E-state index contributed by atoms with van der Waals surface area (Å²) in [6, 6.07) is 2.95. The van der Waals surface area contributed by atoms with E-state index in [0.717, 1.165) is 32.0 Å². The van der Waals surface area contributed by atoms with Gasteiger partial charge < -0.3 is 10.6 Å². The van der Waals surface area contributed by atoms with Gasteiger partial charge in [-0.15, -0.1) is 0 Å². The van der Waals surface area contributed by atoms with Crippen LogP contribution in [0.5, 0.6) is 0 Å². The van der Waals surface area contributed by atoms with Gasteiger partial charge in [0.25, 0.3) is 0 Å².